The number of aliphatic hydroxyl groups is 1. The first-order valence-corrected chi connectivity index (χ1v) is 5.17. The van der Waals surface area contributed by atoms with Crippen molar-refractivity contribution in [1.29, 1.82) is 5.26 Å². The van der Waals surface area contributed by atoms with Crippen LogP contribution in [-0.2, 0) is 11.5 Å². The van der Waals surface area contributed by atoms with E-state index in [0.717, 1.165) is 0 Å². The third-order valence-electron chi connectivity index (χ3n) is 2.48. The van der Waals surface area contributed by atoms with Crippen LogP contribution in [0.2, 0.25) is 0 Å². The van der Waals surface area contributed by atoms with E-state index in [0.29, 0.717) is 11.0 Å². The summed E-state index contributed by atoms with van der Waals surface area (Å²) >= 11 is 0. The molecule has 18 heavy (non-hydrogen) atoms. The Morgan fingerprint density at radius 1 is 1.44 bits per heavy atom. The van der Waals surface area contributed by atoms with Crippen LogP contribution in [0.4, 0.5) is 11.6 Å². The van der Waals surface area contributed by atoms with Gasteiger partial charge in [-0.2, -0.15) is 5.26 Å². The monoisotopic (exact) mass is 248 g/mol. The van der Waals surface area contributed by atoms with E-state index in [-0.39, 0.29) is 37.1 Å². The van der Waals surface area contributed by atoms with E-state index in [1.54, 1.807) is 0 Å². The van der Waals surface area contributed by atoms with Crippen molar-refractivity contribution in [1.82, 2.24) is 14.5 Å². The highest BCUT2D eigenvalue weighted by Crippen LogP contribution is 2.29. The van der Waals surface area contributed by atoms with Crippen molar-refractivity contribution < 1.29 is 9.84 Å². The molecule has 0 aliphatic heterocycles. The molecule has 2 aromatic rings. The van der Waals surface area contributed by atoms with Gasteiger partial charge < -0.3 is 21.3 Å². The fourth-order valence-electron chi connectivity index (χ4n) is 1.68. The van der Waals surface area contributed by atoms with E-state index in [1.807, 2.05) is 6.07 Å². The maximum Gasteiger partial charge on any atom is 0.150 e. The molecular weight excluding hydrogens is 236 g/mol. The smallest absolute Gasteiger partial charge is 0.150 e. The number of nitrogens with two attached hydrogens (primary N) is 2. The van der Waals surface area contributed by atoms with E-state index < -0.39 is 0 Å². The minimum atomic E-state index is -0.0959. The molecule has 0 aliphatic rings. The Labute approximate surface area is 102 Å². The lowest BCUT2D eigenvalue weighted by atomic mass is 10.2. The largest absolute Gasteiger partial charge is 0.394 e. The van der Waals surface area contributed by atoms with Crippen LogP contribution in [-0.4, -0.2) is 32.9 Å². The number of aliphatic hydroxyl groups excluding tert-OH is 1. The topological polar surface area (TPSA) is 136 Å². The van der Waals surface area contributed by atoms with Gasteiger partial charge in [0.05, 0.1) is 18.6 Å². The zero-order valence-corrected chi connectivity index (χ0v) is 9.50. The second kappa shape index (κ2) is 4.87. The molecule has 0 fully saturated rings. The minimum Gasteiger partial charge on any atom is -0.394 e. The van der Waals surface area contributed by atoms with Gasteiger partial charge in [-0.3, -0.25) is 4.57 Å². The Kier molecular flexibility index (Phi) is 3.27. The molecule has 2 heterocycles. The summed E-state index contributed by atoms with van der Waals surface area (Å²) in [6.45, 7) is 0.157. The molecule has 0 aromatic carbocycles. The zero-order chi connectivity index (χ0) is 13.1. The van der Waals surface area contributed by atoms with Crippen molar-refractivity contribution in [2.24, 2.45) is 0 Å². The molecule has 8 heteroatoms. The highest BCUT2D eigenvalue weighted by atomic mass is 16.5. The number of nitrogens with zero attached hydrogens (tertiary/aromatic N) is 4. The molecular formula is C10H12N6O2. The number of nitriles is 1. The standard InChI is InChI=1S/C10H12N6O2/c11-3-6-7-8(12)14-4-15-10(7)16(9(6)13)5-18-2-1-17/h4,17H,1-2,5,13H2,(H2,12,14,15). The molecule has 0 atom stereocenters. The van der Waals surface area contributed by atoms with Crippen molar-refractivity contribution in [2.75, 3.05) is 24.7 Å². The summed E-state index contributed by atoms with van der Waals surface area (Å²) < 4.78 is 6.69. The lowest BCUT2D eigenvalue weighted by Crippen LogP contribution is -2.09. The Morgan fingerprint density at radius 2 is 2.22 bits per heavy atom. The van der Waals surface area contributed by atoms with Crippen molar-refractivity contribution in [3.63, 3.8) is 0 Å². The van der Waals surface area contributed by atoms with Gasteiger partial charge in [0.1, 0.15) is 42.0 Å². The quantitative estimate of drug-likeness (QED) is 0.616. The van der Waals surface area contributed by atoms with Crippen molar-refractivity contribution >= 4 is 22.7 Å². The predicted molar refractivity (Wildman–Crippen MR) is 64.1 cm³/mol. The number of fused-ring (bicyclic) bond motifs is 1. The summed E-state index contributed by atoms with van der Waals surface area (Å²) in [6, 6.07) is 1.98. The molecule has 0 aliphatic carbocycles. The number of nitrogen functional groups attached to an aromatic ring is 2. The van der Waals surface area contributed by atoms with E-state index in [4.69, 9.17) is 26.6 Å². The number of rotatable bonds is 4. The third kappa shape index (κ3) is 1.81. The molecule has 0 saturated heterocycles. The third-order valence-corrected chi connectivity index (χ3v) is 2.48. The van der Waals surface area contributed by atoms with Crippen LogP contribution in [0.1, 0.15) is 5.56 Å². The van der Waals surface area contributed by atoms with Crippen LogP contribution in [0.15, 0.2) is 6.33 Å². The zero-order valence-electron chi connectivity index (χ0n) is 9.50. The Balaban J connectivity index is 2.56. The Morgan fingerprint density at radius 3 is 2.89 bits per heavy atom. The van der Waals surface area contributed by atoms with Gasteiger partial charge >= 0.3 is 0 Å². The first-order chi connectivity index (χ1) is 8.70. The first-order valence-electron chi connectivity index (χ1n) is 5.17. The van der Waals surface area contributed by atoms with Crippen LogP contribution < -0.4 is 11.5 Å². The summed E-state index contributed by atoms with van der Waals surface area (Å²) in [4.78, 5) is 7.88. The highest BCUT2D eigenvalue weighted by molar-refractivity contribution is 5.96. The second-order valence-electron chi connectivity index (χ2n) is 3.52. The summed E-state index contributed by atoms with van der Waals surface area (Å²) in [6.07, 6.45) is 1.29. The van der Waals surface area contributed by atoms with Gasteiger partial charge in [-0.15, -0.1) is 0 Å². The lowest BCUT2D eigenvalue weighted by molar-refractivity contribution is 0.0511. The molecule has 0 saturated carbocycles. The van der Waals surface area contributed by atoms with Crippen LogP contribution in [0.25, 0.3) is 11.0 Å². The SMILES string of the molecule is N#Cc1c(N)n(COCCO)c2ncnc(N)c12. The van der Waals surface area contributed by atoms with E-state index >= 15 is 0 Å². The average molecular weight is 248 g/mol. The summed E-state index contributed by atoms with van der Waals surface area (Å²) in [5.74, 6) is 0.418. The predicted octanol–water partition coefficient (Wildman–Crippen LogP) is -0.566. The summed E-state index contributed by atoms with van der Waals surface area (Å²) in [5, 5.41) is 18.2. The lowest BCUT2D eigenvalue weighted by Gasteiger charge is -2.07. The van der Waals surface area contributed by atoms with Gasteiger partial charge in [0.25, 0.3) is 0 Å². The summed E-state index contributed by atoms with van der Waals surface area (Å²) in [7, 11) is 0. The second-order valence-corrected chi connectivity index (χ2v) is 3.52. The van der Waals surface area contributed by atoms with Gasteiger partial charge in [-0.25, -0.2) is 9.97 Å². The molecule has 0 radical (unpaired) electrons. The van der Waals surface area contributed by atoms with Crippen molar-refractivity contribution in [3.05, 3.63) is 11.9 Å². The van der Waals surface area contributed by atoms with Gasteiger partial charge in [0, 0.05) is 0 Å². The van der Waals surface area contributed by atoms with Crippen molar-refractivity contribution in [2.45, 2.75) is 6.73 Å². The average Bonchev–Trinajstić information content (AvgIpc) is 2.64. The number of hydrogen-bond donors (Lipinski definition) is 3. The maximum absolute atomic E-state index is 9.09. The van der Waals surface area contributed by atoms with Crippen LogP contribution >= 0.6 is 0 Å². The molecule has 94 valence electrons. The number of aromatic nitrogens is 3. The Hall–Kier alpha value is -2.37. The van der Waals surface area contributed by atoms with Gasteiger partial charge in [-0.05, 0) is 0 Å². The van der Waals surface area contributed by atoms with Crippen LogP contribution in [0.3, 0.4) is 0 Å². The van der Waals surface area contributed by atoms with Gasteiger partial charge in [-0.1, -0.05) is 0 Å². The molecule has 0 amide bonds. The number of ether oxygens (including phenoxy) is 1. The van der Waals surface area contributed by atoms with Gasteiger partial charge in [0.2, 0.25) is 0 Å². The molecule has 0 bridgehead atoms. The summed E-state index contributed by atoms with van der Waals surface area (Å²) in [5.41, 5.74) is 12.2. The highest BCUT2D eigenvalue weighted by Gasteiger charge is 2.18. The number of hydrogen-bond acceptors (Lipinski definition) is 7. The Bertz CT molecular complexity index is 615. The molecule has 2 rings (SSSR count). The molecule has 2 aromatic heterocycles. The normalized spacial score (nSPS) is 10.7. The molecule has 0 spiro atoms. The fraction of sp³-hybridized carbons (Fsp3) is 0.300. The number of anilines is 2. The molecule has 8 nitrogen and oxygen atoms in total. The van der Waals surface area contributed by atoms with Crippen LogP contribution in [0.5, 0.6) is 0 Å². The van der Waals surface area contributed by atoms with E-state index in [1.165, 1.54) is 10.9 Å². The molecule has 0 unspecified atom stereocenters. The molecule has 5 N–H and O–H groups in total. The fourth-order valence-corrected chi connectivity index (χ4v) is 1.68. The van der Waals surface area contributed by atoms with Crippen molar-refractivity contribution in [3.8, 4) is 6.07 Å². The van der Waals surface area contributed by atoms with E-state index in [2.05, 4.69) is 9.97 Å². The van der Waals surface area contributed by atoms with E-state index in [9.17, 15) is 0 Å². The minimum absolute atomic E-state index is 0.0844. The van der Waals surface area contributed by atoms with Crippen LogP contribution in [0, 0.1) is 11.3 Å². The maximum atomic E-state index is 9.09. The van der Waals surface area contributed by atoms with Gasteiger partial charge in [0.15, 0.2) is 0 Å². The first kappa shape index (κ1) is 12.1.